The molecule has 0 bridgehead atoms. The van der Waals surface area contributed by atoms with Gasteiger partial charge in [0.25, 0.3) is 0 Å². The lowest BCUT2D eigenvalue weighted by molar-refractivity contribution is 0.444. The Morgan fingerprint density at radius 1 is 1.25 bits per heavy atom. The zero-order valence-corrected chi connectivity index (χ0v) is 12.9. The molecule has 1 atom stereocenters. The van der Waals surface area contributed by atoms with Crippen molar-refractivity contribution < 1.29 is 4.74 Å². The Hall–Kier alpha value is -1.29. The fourth-order valence-corrected chi connectivity index (χ4v) is 2.44. The minimum absolute atomic E-state index is 0.151. The summed E-state index contributed by atoms with van der Waals surface area (Å²) in [5.41, 5.74) is 0.991. The summed E-state index contributed by atoms with van der Waals surface area (Å²) in [6, 6.07) is 9.12. The van der Waals surface area contributed by atoms with Crippen molar-refractivity contribution in [3.05, 3.63) is 52.1 Å². The van der Waals surface area contributed by atoms with Crippen LogP contribution in [0.15, 0.2) is 36.5 Å². The van der Waals surface area contributed by atoms with Gasteiger partial charge in [-0.1, -0.05) is 36.2 Å². The van der Waals surface area contributed by atoms with E-state index in [1.54, 1.807) is 24.4 Å². The van der Waals surface area contributed by atoms with Crippen LogP contribution < -0.4 is 10.1 Å². The maximum absolute atomic E-state index is 5.97. The van der Waals surface area contributed by atoms with Gasteiger partial charge in [-0.05, 0) is 37.7 Å². The van der Waals surface area contributed by atoms with E-state index in [0.717, 1.165) is 12.1 Å². The summed E-state index contributed by atoms with van der Waals surface area (Å²) < 4.78 is 5.82. The lowest BCUT2D eigenvalue weighted by atomic mass is 10.1. The van der Waals surface area contributed by atoms with Gasteiger partial charge in [0, 0.05) is 27.8 Å². The molecule has 3 nitrogen and oxygen atoms in total. The number of pyridine rings is 1. The summed E-state index contributed by atoms with van der Waals surface area (Å²) in [5, 5.41) is 4.40. The van der Waals surface area contributed by atoms with Gasteiger partial charge in [0.05, 0.1) is 0 Å². The number of hydrogen-bond acceptors (Lipinski definition) is 3. The number of ether oxygens (including phenoxy) is 1. The molecule has 0 fully saturated rings. The van der Waals surface area contributed by atoms with E-state index in [2.05, 4.69) is 24.1 Å². The molecule has 106 valence electrons. The summed E-state index contributed by atoms with van der Waals surface area (Å²) in [5.74, 6) is 1.13. The Labute approximate surface area is 128 Å². The van der Waals surface area contributed by atoms with Crippen LogP contribution in [0, 0.1) is 0 Å². The van der Waals surface area contributed by atoms with E-state index in [1.807, 2.05) is 12.1 Å². The third-order valence-electron chi connectivity index (χ3n) is 2.83. The molecule has 0 amide bonds. The first-order chi connectivity index (χ1) is 9.60. The van der Waals surface area contributed by atoms with Crippen molar-refractivity contribution in [2.24, 2.45) is 0 Å². The van der Waals surface area contributed by atoms with Crippen LogP contribution in [0.2, 0.25) is 10.0 Å². The van der Waals surface area contributed by atoms with Gasteiger partial charge < -0.3 is 10.1 Å². The molecule has 20 heavy (non-hydrogen) atoms. The van der Waals surface area contributed by atoms with Crippen molar-refractivity contribution in [2.75, 3.05) is 6.54 Å². The highest BCUT2D eigenvalue weighted by Crippen LogP contribution is 2.30. The Balaban J connectivity index is 2.29. The zero-order chi connectivity index (χ0) is 14.5. The van der Waals surface area contributed by atoms with Crippen LogP contribution in [0.4, 0.5) is 0 Å². The lowest BCUT2D eigenvalue weighted by Crippen LogP contribution is -2.18. The second-order valence-electron chi connectivity index (χ2n) is 4.38. The van der Waals surface area contributed by atoms with Crippen molar-refractivity contribution in [3.8, 4) is 11.6 Å². The van der Waals surface area contributed by atoms with E-state index in [1.165, 1.54) is 0 Å². The topological polar surface area (TPSA) is 34.2 Å². The lowest BCUT2D eigenvalue weighted by Gasteiger charge is -2.16. The quantitative estimate of drug-likeness (QED) is 0.857. The minimum Gasteiger partial charge on any atom is -0.439 e. The van der Waals surface area contributed by atoms with Crippen LogP contribution in [0.3, 0.4) is 0 Å². The van der Waals surface area contributed by atoms with E-state index in [9.17, 15) is 0 Å². The second kappa shape index (κ2) is 6.93. The van der Waals surface area contributed by atoms with Gasteiger partial charge in [-0.3, -0.25) is 0 Å². The number of nitrogens with zero attached hydrogens (tertiary/aromatic N) is 1. The molecule has 1 heterocycles. The molecule has 1 N–H and O–H groups in total. The van der Waals surface area contributed by atoms with E-state index in [4.69, 9.17) is 27.9 Å². The third-order valence-corrected chi connectivity index (χ3v) is 3.26. The van der Waals surface area contributed by atoms with E-state index in [-0.39, 0.29) is 6.04 Å². The summed E-state index contributed by atoms with van der Waals surface area (Å²) in [4.78, 5) is 4.29. The van der Waals surface area contributed by atoms with E-state index in [0.29, 0.717) is 21.7 Å². The molecule has 0 aliphatic rings. The maximum Gasteiger partial charge on any atom is 0.223 e. The maximum atomic E-state index is 5.97. The predicted octanol–water partition coefficient (Wildman–Crippen LogP) is 4.85. The van der Waals surface area contributed by atoms with Gasteiger partial charge in [0.1, 0.15) is 5.75 Å². The molecular weight excluding hydrogens is 295 g/mol. The van der Waals surface area contributed by atoms with Gasteiger partial charge in [-0.2, -0.15) is 0 Å². The second-order valence-corrected chi connectivity index (χ2v) is 5.26. The van der Waals surface area contributed by atoms with Crippen molar-refractivity contribution in [3.63, 3.8) is 0 Å². The Morgan fingerprint density at radius 2 is 1.95 bits per heavy atom. The van der Waals surface area contributed by atoms with Crippen LogP contribution >= 0.6 is 23.2 Å². The first-order valence-corrected chi connectivity index (χ1v) is 7.18. The number of halogens is 2. The molecule has 0 spiro atoms. The summed E-state index contributed by atoms with van der Waals surface area (Å²) in [7, 11) is 0. The highest BCUT2D eigenvalue weighted by atomic mass is 35.5. The first-order valence-electron chi connectivity index (χ1n) is 6.42. The summed E-state index contributed by atoms with van der Waals surface area (Å²) in [6.07, 6.45) is 1.70. The first kappa shape index (κ1) is 15.1. The summed E-state index contributed by atoms with van der Waals surface area (Å²) >= 11 is 11.9. The van der Waals surface area contributed by atoms with Gasteiger partial charge in [-0.15, -0.1) is 0 Å². The average Bonchev–Trinajstić information content (AvgIpc) is 2.38. The SMILES string of the molecule is CCNC(C)c1cccnc1Oc1cc(Cl)cc(Cl)c1. The molecule has 0 aliphatic carbocycles. The number of rotatable bonds is 5. The van der Waals surface area contributed by atoms with Gasteiger partial charge in [0.15, 0.2) is 0 Å². The monoisotopic (exact) mass is 310 g/mol. The van der Waals surface area contributed by atoms with Crippen LogP contribution in [0.5, 0.6) is 11.6 Å². The molecule has 0 saturated carbocycles. The fourth-order valence-electron chi connectivity index (χ4n) is 1.93. The minimum atomic E-state index is 0.151. The Kier molecular flexibility index (Phi) is 5.24. The van der Waals surface area contributed by atoms with Crippen molar-refractivity contribution >= 4 is 23.2 Å². The van der Waals surface area contributed by atoms with Crippen molar-refractivity contribution in [2.45, 2.75) is 19.9 Å². The molecule has 0 aliphatic heterocycles. The fraction of sp³-hybridized carbons (Fsp3) is 0.267. The molecule has 0 radical (unpaired) electrons. The molecular formula is C15H16Cl2N2O. The van der Waals surface area contributed by atoms with E-state index >= 15 is 0 Å². The smallest absolute Gasteiger partial charge is 0.223 e. The van der Waals surface area contributed by atoms with Crippen LogP contribution in [0.1, 0.15) is 25.5 Å². The number of hydrogen-bond donors (Lipinski definition) is 1. The van der Waals surface area contributed by atoms with E-state index < -0.39 is 0 Å². The normalized spacial score (nSPS) is 12.2. The molecule has 1 aromatic heterocycles. The van der Waals surface area contributed by atoms with Crippen molar-refractivity contribution in [1.82, 2.24) is 10.3 Å². The third kappa shape index (κ3) is 3.85. The Bertz CT molecular complexity index is 570. The highest BCUT2D eigenvalue weighted by Gasteiger charge is 2.12. The molecule has 1 aromatic carbocycles. The van der Waals surface area contributed by atoms with Crippen molar-refractivity contribution in [1.29, 1.82) is 0 Å². The van der Waals surface area contributed by atoms with Gasteiger partial charge >= 0.3 is 0 Å². The summed E-state index contributed by atoms with van der Waals surface area (Å²) in [6.45, 7) is 5.00. The number of nitrogens with one attached hydrogen (secondary N) is 1. The molecule has 0 saturated heterocycles. The largest absolute Gasteiger partial charge is 0.439 e. The molecule has 1 unspecified atom stereocenters. The average molecular weight is 311 g/mol. The van der Waals surface area contributed by atoms with Gasteiger partial charge in [0.2, 0.25) is 5.88 Å². The highest BCUT2D eigenvalue weighted by molar-refractivity contribution is 6.34. The Morgan fingerprint density at radius 3 is 2.60 bits per heavy atom. The standard InChI is InChI=1S/C15H16Cl2N2O/c1-3-18-10(2)14-5-4-6-19-15(14)20-13-8-11(16)7-12(17)9-13/h4-10,18H,3H2,1-2H3. The molecule has 5 heteroatoms. The molecule has 2 rings (SSSR count). The van der Waals surface area contributed by atoms with Crippen LogP contribution in [0.25, 0.3) is 0 Å². The van der Waals surface area contributed by atoms with Crippen LogP contribution in [-0.2, 0) is 0 Å². The number of benzene rings is 1. The zero-order valence-electron chi connectivity index (χ0n) is 11.4. The van der Waals surface area contributed by atoms with Crippen LogP contribution in [-0.4, -0.2) is 11.5 Å². The van der Waals surface area contributed by atoms with Gasteiger partial charge in [-0.25, -0.2) is 4.98 Å². The predicted molar refractivity (Wildman–Crippen MR) is 82.9 cm³/mol. The molecule has 2 aromatic rings. The number of aromatic nitrogens is 1.